The van der Waals surface area contributed by atoms with Crippen LogP contribution in [0, 0.1) is 5.82 Å². The van der Waals surface area contributed by atoms with Crippen molar-refractivity contribution in [2.24, 2.45) is 0 Å². The Morgan fingerprint density at radius 2 is 1.89 bits per heavy atom. The van der Waals surface area contributed by atoms with Crippen LogP contribution < -0.4 is 4.74 Å². The highest BCUT2D eigenvalue weighted by molar-refractivity contribution is 9.10. The van der Waals surface area contributed by atoms with Crippen LogP contribution in [0.25, 0.3) is 0 Å². The zero-order valence-corrected chi connectivity index (χ0v) is 11.9. The average Bonchev–Trinajstić information content (AvgIpc) is 2.38. The summed E-state index contributed by atoms with van der Waals surface area (Å²) in [5.41, 5.74) is 1.33. The number of Topliss-reactive ketones (excluding diaryl/α,β-unsaturated/α-hetero) is 1. The summed E-state index contributed by atoms with van der Waals surface area (Å²) in [6.07, 6.45) is 0. The first kappa shape index (κ1) is 13.7. The maximum absolute atomic E-state index is 13.2. The monoisotopic (exact) mass is 322 g/mol. The lowest BCUT2D eigenvalue weighted by Crippen LogP contribution is -2.02. The molecule has 0 aliphatic rings. The smallest absolute Gasteiger partial charge is 0.163 e. The molecule has 2 aromatic rings. The normalized spacial score (nSPS) is 10.3. The van der Waals surface area contributed by atoms with Gasteiger partial charge in [0.05, 0.1) is 5.56 Å². The van der Waals surface area contributed by atoms with Crippen molar-refractivity contribution in [3.8, 4) is 5.75 Å². The number of carbonyl (C=O) groups is 1. The van der Waals surface area contributed by atoms with Crippen molar-refractivity contribution in [2.45, 2.75) is 13.5 Å². The lowest BCUT2D eigenvalue weighted by Gasteiger charge is -2.10. The van der Waals surface area contributed by atoms with Gasteiger partial charge in [0.1, 0.15) is 18.2 Å². The largest absolute Gasteiger partial charge is 0.488 e. The summed E-state index contributed by atoms with van der Waals surface area (Å²) in [7, 11) is 0. The van der Waals surface area contributed by atoms with Gasteiger partial charge in [-0.05, 0) is 36.8 Å². The van der Waals surface area contributed by atoms with E-state index in [4.69, 9.17) is 4.74 Å². The first-order chi connectivity index (χ1) is 9.06. The standard InChI is InChI=1S/C15H12BrFO2/c1-10(18)14-7-6-13(17)8-15(14)19-9-11-2-4-12(16)5-3-11/h2-8H,9H2,1H3. The summed E-state index contributed by atoms with van der Waals surface area (Å²) in [5, 5.41) is 0. The van der Waals surface area contributed by atoms with Gasteiger partial charge in [0, 0.05) is 10.5 Å². The van der Waals surface area contributed by atoms with Gasteiger partial charge in [-0.25, -0.2) is 4.39 Å². The SMILES string of the molecule is CC(=O)c1ccc(F)cc1OCc1ccc(Br)cc1. The Kier molecular flexibility index (Phi) is 4.32. The van der Waals surface area contributed by atoms with Crippen molar-refractivity contribution < 1.29 is 13.9 Å². The van der Waals surface area contributed by atoms with Crippen LogP contribution in [-0.2, 0) is 6.61 Å². The molecule has 2 aromatic carbocycles. The van der Waals surface area contributed by atoms with Crippen molar-refractivity contribution in [1.82, 2.24) is 0 Å². The third-order valence-electron chi connectivity index (χ3n) is 2.63. The number of carbonyl (C=O) groups excluding carboxylic acids is 1. The molecular formula is C15H12BrFO2. The van der Waals surface area contributed by atoms with Gasteiger partial charge < -0.3 is 4.74 Å². The highest BCUT2D eigenvalue weighted by Gasteiger charge is 2.09. The van der Waals surface area contributed by atoms with Gasteiger partial charge in [0.2, 0.25) is 0 Å². The molecule has 0 saturated heterocycles. The highest BCUT2D eigenvalue weighted by Crippen LogP contribution is 2.22. The molecule has 0 aromatic heterocycles. The van der Waals surface area contributed by atoms with E-state index in [0.29, 0.717) is 5.56 Å². The highest BCUT2D eigenvalue weighted by atomic mass is 79.9. The molecule has 2 rings (SSSR count). The van der Waals surface area contributed by atoms with Gasteiger partial charge in [0.25, 0.3) is 0 Å². The summed E-state index contributed by atoms with van der Waals surface area (Å²) in [6.45, 7) is 1.72. The van der Waals surface area contributed by atoms with Crippen LogP contribution in [0.4, 0.5) is 4.39 Å². The number of hydrogen-bond acceptors (Lipinski definition) is 2. The first-order valence-electron chi connectivity index (χ1n) is 5.74. The van der Waals surface area contributed by atoms with Gasteiger partial charge in [-0.1, -0.05) is 28.1 Å². The van der Waals surface area contributed by atoms with Crippen molar-refractivity contribution in [2.75, 3.05) is 0 Å². The molecule has 0 aliphatic carbocycles. The zero-order valence-electron chi connectivity index (χ0n) is 10.3. The summed E-state index contributed by atoms with van der Waals surface area (Å²) in [4.78, 5) is 11.4. The number of halogens is 2. The molecule has 0 spiro atoms. The molecule has 0 saturated carbocycles. The van der Waals surface area contributed by atoms with Crippen molar-refractivity contribution in [3.05, 3.63) is 63.9 Å². The number of ether oxygens (including phenoxy) is 1. The van der Waals surface area contributed by atoms with Crippen molar-refractivity contribution >= 4 is 21.7 Å². The summed E-state index contributed by atoms with van der Waals surface area (Å²) in [6, 6.07) is 11.5. The second kappa shape index (κ2) is 5.97. The molecule has 0 aliphatic heterocycles. The predicted molar refractivity (Wildman–Crippen MR) is 74.9 cm³/mol. The molecule has 0 heterocycles. The van der Waals surface area contributed by atoms with Gasteiger partial charge in [-0.2, -0.15) is 0 Å². The summed E-state index contributed by atoms with van der Waals surface area (Å²) in [5.74, 6) is -0.294. The third kappa shape index (κ3) is 3.64. The molecule has 4 heteroatoms. The van der Waals surface area contributed by atoms with Crippen LogP contribution >= 0.6 is 15.9 Å². The van der Waals surface area contributed by atoms with E-state index < -0.39 is 5.82 Å². The Bertz CT molecular complexity index is 594. The molecule has 0 radical (unpaired) electrons. The summed E-state index contributed by atoms with van der Waals surface area (Å²) < 4.78 is 19.7. The zero-order chi connectivity index (χ0) is 13.8. The second-order valence-corrected chi connectivity index (χ2v) is 5.03. The molecule has 98 valence electrons. The van der Waals surface area contributed by atoms with E-state index in [1.165, 1.54) is 25.1 Å². The van der Waals surface area contributed by atoms with Crippen LogP contribution in [-0.4, -0.2) is 5.78 Å². The van der Waals surface area contributed by atoms with Gasteiger partial charge in [-0.3, -0.25) is 4.79 Å². The fourth-order valence-electron chi connectivity index (χ4n) is 1.65. The van der Waals surface area contributed by atoms with E-state index in [1.807, 2.05) is 24.3 Å². The third-order valence-corrected chi connectivity index (χ3v) is 3.16. The minimum Gasteiger partial charge on any atom is -0.488 e. The predicted octanol–water partition coefficient (Wildman–Crippen LogP) is 4.37. The van der Waals surface area contributed by atoms with Crippen LogP contribution in [0.1, 0.15) is 22.8 Å². The average molecular weight is 323 g/mol. The Labute approximate surface area is 119 Å². The molecule has 0 amide bonds. The number of hydrogen-bond donors (Lipinski definition) is 0. The molecule has 0 atom stereocenters. The van der Waals surface area contributed by atoms with Crippen molar-refractivity contribution in [3.63, 3.8) is 0 Å². The minimum atomic E-state index is -0.421. The lowest BCUT2D eigenvalue weighted by atomic mass is 10.1. The van der Waals surface area contributed by atoms with E-state index in [2.05, 4.69) is 15.9 Å². The van der Waals surface area contributed by atoms with Crippen LogP contribution in [0.2, 0.25) is 0 Å². The second-order valence-electron chi connectivity index (χ2n) is 4.11. The topological polar surface area (TPSA) is 26.3 Å². The quantitative estimate of drug-likeness (QED) is 0.781. The van der Waals surface area contributed by atoms with Crippen LogP contribution in [0.15, 0.2) is 46.9 Å². The Balaban J connectivity index is 2.16. The Morgan fingerprint density at radius 3 is 2.53 bits per heavy atom. The minimum absolute atomic E-state index is 0.147. The Hall–Kier alpha value is -1.68. The van der Waals surface area contributed by atoms with Crippen molar-refractivity contribution in [1.29, 1.82) is 0 Å². The van der Waals surface area contributed by atoms with E-state index in [-0.39, 0.29) is 18.1 Å². The molecule has 0 unspecified atom stereocenters. The van der Waals surface area contributed by atoms with Crippen LogP contribution in [0.3, 0.4) is 0 Å². The number of rotatable bonds is 4. The van der Waals surface area contributed by atoms with Gasteiger partial charge in [0.15, 0.2) is 5.78 Å². The molecular weight excluding hydrogens is 311 g/mol. The van der Waals surface area contributed by atoms with E-state index in [9.17, 15) is 9.18 Å². The van der Waals surface area contributed by atoms with Crippen LogP contribution in [0.5, 0.6) is 5.75 Å². The molecule has 19 heavy (non-hydrogen) atoms. The fourth-order valence-corrected chi connectivity index (χ4v) is 1.91. The van der Waals surface area contributed by atoms with E-state index in [0.717, 1.165) is 10.0 Å². The fraction of sp³-hybridized carbons (Fsp3) is 0.133. The van der Waals surface area contributed by atoms with Gasteiger partial charge in [-0.15, -0.1) is 0 Å². The lowest BCUT2D eigenvalue weighted by molar-refractivity contribution is 0.101. The molecule has 2 nitrogen and oxygen atoms in total. The maximum atomic E-state index is 13.2. The number of benzene rings is 2. The first-order valence-corrected chi connectivity index (χ1v) is 6.53. The van der Waals surface area contributed by atoms with E-state index >= 15 is 0 Å². The molecule has 0 N–H and O–H groups in total. The van der Waals surface area contributed by atoms with E-state index in [1.54, 1.807) is 0 Å². The summed E-state index contributed by atoms with van der Waals surface area (Å²) >= 11 is 3.35. The molecule has 0 bridgehead atoms. The Morgan fingerprint density at radius 1 is 1.21 bits per heavy atom. The maximum Gasteiger partial charge on any atom is 0.163 e. The number of ketones is 1. The molecule has 0 fully saturated rings. The van der Waals surface area contributed by atoms with Gasteiger partial charge >= 0.3 is 0 Å².